The second-order valence-electron chi connectivity index (χ2n) is 6.81. The zero-order valence-corrected chi connectivity index (χ0v) is 17.2. The summed E-state index contributed by atoms with van der Waals surface area (Å²) in [4.78, 5) is 17.3. The lowest BCUT2D eigenvalue weighted by molar-refractivity contribution is -0.122. The fourth-order valence-corrected chi connectivity index (χ4v) is 5.22. The summed E-state index contributed by atoms with van der Waals surface area (Å²) in [6.07, 6.45) is 0.141. The van der Waals surface area contributed by atoms with E-state index in [0.29, 0.717) is 16.6 Å². The first-order valence-electron chi connectivity index (χ1n) is 8.64. The zero-order chi connectivity index (χ0) is 20.1. The van der Waals surface area contributed by atoms with Crippen LogP contribution in [0.25, 0.3) is 10.2 Å². The van der Waals surface area contributed by atoms with Gasteiger partial charge in [-0.05, 0) is 43.2 Å². The minimum Gasteiger partial charge on any atom is -0.476 e. The summed E-state index contributed by atoms with van der Waals surface area (Å²) in [5, 5.41) is 3.23. The Balaban J connectivity index is 1.61. The molecule has 0 saturated carbocycles. The van der Waals surface area contributed by atoms with Crippen molar-refractivity contribution in [2.24, 2.45) is 0 Å². The predicted molar refractivity (Wildman–Crippen MR) is 111 cm³/mol. The third-order valence-electron chi connectivity index (χ3n) is 4.49. The average Bonchev–Trinajstić information content (AvgIpc) is 3.02. The van der Waals surface area contributed by atoms with Crippen molar-refractivity contribution in [1.29, 1.82) is 0 Å². The molecule has 0 fully saturated rings. The van der Waals surface area contributed by atoms with Gasteiger partial charge in [0.2, 0.25) is 10.0 Å². The summed E-state index contributed by atoms with van der Waals surface area (Å²) in [7, 11) is -3.55. The number of nitrogens with zero attached hydrogens (tertiary/aromatic N) is 2. The summed E-state index contributed by atoms with van der Waals surface area (Å²) >= 11 is 1.38. The molecule has 0 unspecified atom stereocenters. The number of hydrogen-bond donors (Lipinski definition) is 1. The molecule has 0 aliphatic carbocycles. The number of anilines is 2. The molecule has 0 radical (unpaired) electrons. The lowest BCUT2D eigenvalue weighted by Gasteiger charge is -2.33. The van der Waals surface area contributed by atoms with Crippen molar-refractivity contribution < 1.29 is 17.9 Å². The maximum absolute atomic E-state index is 12.8. The number of hydrogen-bond acceptors (Lipinski definition) is 6. The molecule has 1 aliphatic rings. The fourth-order valence-electron chi connectivity index (χ4n) is 3.26. The van der Waals surface area contributed by atoms with Crippen LogP contribution in [0.3, 0.4) is 0 Å². The molecule has 3 aromatic rings. The SMILES string of the molecule is Cc1cc(C)c2nc(NC(=O)[C@@H]3CN(S(C)(=O)=O)c4ccccc4O3)sc2c1. The molecule has 28 heavy (non-hydrogen) atoms. The van der Waals surface area contributed by atoms with Crippen LogP contribution in [-0.4, -0.2) is 38.2 Å². The number of sulfonamides is 1. The van der Waals surface area contributed by atoms with Crippen LogP contribution in [0.1, 0.15) is 11.1 Å². The molecule has 0 saturated heterocycles. The quantitative estimate of drug-likeness (QED) is 0.707. The van der Waals surface area contributed by atoms with Crippen LogP contribution in [0.4, 0.5) is 10.8 Å². The summed E-state index contributed by atoms with van der Waals surface area (Å²) in [6, 6.07) is 10.8. The maximum Gasteiger partial charge on any atom is 0.269 e. The number of para-hydroxylation sites is 2. The fraction of sp³-hybridized carbons (Fsp3) is 0.263. The van der Waals surface area contributed by atoms with E-state index in [1.165, 1.54) is 15.6 Å². The molecule has 1 aliphatic heterocycles. The molecule has 1 atom stereocenters. The second kappa shape index (κ2) is 6.75. The molecular formula is C19H19N3O4S2. The van der Waals surface area contributed by atoms with Crippen molar-refractivity contribution in [3.8, 4) is 5.75 Å². The molecule has 1 aromatic heterocycles. The van der Waals surface area contributed by atoms with Crippen molar-refractivity contribution in [3.63, 3.8) is 0 Å². The molecule has 4 rings (SSSR count). The molecule has 0 bridgehead atoms. The summed E-state index contributed by atoms with van der Waals surface area (Å²) < 4.78 is 32.3. The van der Waals surface area contributed by atoms with Gasteiger partial charge in [-0.2, -0.15) is 0 Å². The number of fused-ring (bicyclic) bond motifs is 2. The summed E-state index contributed by atoms with van der Waals surface area (Å²) in [5.41, 5.74) is 3.44. The van der Waals surface area contributed by atoms with E-state index in [0.717, 1.165) is 27.6 Å². The number of nitrogens with one attached hydrogen (secondary N) is 1. The lowest BCUT2D eigenvalue weighted by atomic mass is 10.1. The minimum absolute atomic E-state index is 0.0925. The van der Waals surface area contributed by atoms with Gasteiger partial charge < -0.3 is 4.74 Å². The largest absolute Gasteiger partial charge is 0.476 e. The van der Waals surface area contributed by atoms with E-state index in [4.69, 9.17) is 4.74 Å². The molecule has 9 heteroatoms. The number of carbonyl (C=O) groups is 1. The van der Waals surface area contributed by atoms with Crippen molar-refractivity contribution in [2.75, 3.05) is 22.4 Å². The smallest absolute Gasteiger partial charge is 0.269 e. The van der Waals surface area contributed by atoms with E-state index >= 15 is 0 Å². The van der Waals surface area contributed by atoms with Crippen LogP contribution in [0.15, 0.2) is 36.4 Å². The van der Waals surface area contributed by atoms with Crippen LogP contribution in [0, 0.1) is 13.8 Å². The van der Waals surface area contributed by atoms with Gasteiger partial charge in [0, 0.05) is 0 Å². The summed E-state index contributed by atoms with van der Waals surface area (Å²) in [6.45, 7) is 3.90. The van der Waals surface area contributed by atoms with Gasteiger partial charge in [-0.1, -0.05) is 29.5 Å². The normalized spacial score (nSPS) is 16.5. The number of amides is 1. The van der Waals surface area contributed by atoms with E-state index in [2.05, 4.69) is 10.3 Å². The van der Waals surface area contributed by atoms with Crippen molar-refractivity contribution in [3.05, 3.63) is 47.5 Å². The van der Waals surface area contributed by atoms with E-state index in [1.54, 1.807) is 24.3 Å². The van der Waals surface area contributed by atoms with Gasteiger partial charge >= 0.3 is 0 Å². The highest BCUT2D eigenvalue weighted by atomic mass is 32.2. The van der Waals surface area contributed by atoms with E-state index < -0.39 is 22.0 Å². The minimum atomic E-state index is -3.55. The number of thiazole rings is 1. The van der Waals surface area contributed by atoms with Crippen LogP contribution in [0.5, 0.6) is 5.75 Å². The molecule has 1 amide bonds. The lowest BCUT2D eigenvalue weighted by Crippen LogP contribution is -2.48. The Kier molecular flexibility index (Phi) is 4.51. The first-order valence-corrected chi connectivity index (χ1v) is 11.3. The highest BCUT2D eigenvalue weighted by Gasteiger charge is 2.35. The van der Waals surface area contributed by atoms with Gasteiger partial charge in [0.25, 0.3) is 5.91 Å². The average molecular weight is 418 g/mol. The van der Waals surface area contributed by atoms with Crippen LogP contribution in [0.2, 0.25) is 0 Å². The highest BCUT2D eigenvalue weighted by molar-refractivity contribution is 7.92. The standard InChI is InChI=1S/C19H19N3O4S2/c1-11-8-12(2)17-16(9-11)27-19(20-17)21-18(23)15-10-22(28(3,24)25)13-6-4-5-7-14(13)26-15/h4-9,15H,10H2,1-3H3,(H,20,21,23)/t15-/m0/s1. The van der Waals surface area contributed by atoms with Gasteiger partial charge in [-0.3, -0.25) is 14.4 Å². The van der Waals surface area contributed by atoms with Gasteiger partial charge in [0.15, 0.2) is 11.2 Å². The number of aromatic nitrogens is 1. The Labute approximate surface area is 167 Å². The third-order valence-corrected chi connectivity index (χ3v) is 6.55. The van der Waals surface area contributed by atoms with E-state index in [1.807, 2.05) is 26.0 Å². The molecule has 7 nitrogen and oxygen atoms in total. The molecule has 2 heterocycles. The number of ether oxygens (including phenoxy) is 1. The van der Waals surface area contributed by atoms with Gasteiger partial charge in [0.05, 0.1) is 28.7 Å². The summed E-state index contributed by atoms with van der Waals surface area (Å²) in [5.74, 6) is -0.0771. The number of rotatable bonds is 3. The van der Waals surface area contributed by atoms with Crippen LogP contribution < -0.4 is 14.4 Å². The Bertz CT molecular complexity index is 1190. The van der Waals surface area contributed by atoms with E-state index in [-0.39, 0.29) is 6.54 Å². The van der Waals surface area contributed by atoms with Crippen LogP contribution >= 0.6 is 11.3 Å². The van der Waals surface area contributed by atoms with Crippen molar-refractivity contribution in [2.45, 2.75) is 20.0 Å². The second-order valence-corrected chi connectivity index (χ2v) is 9.74. The van der Waals surface area contributed by atoms with Gasteiger partial charge in [-0.25, -0.2) is 13.4 Å². The van der Waals surface area contributed by atoms with Gasteiger partial charge in [-0.15, -0.1) is 0 Å². The third kappa shape index (κ3) is 3.43. The Hall–Kier alpha value is -2.65. The molecule has 1 N–H and O–H groups in total. The van der Waals surface area contributed by atoms with Crippen LogP contribution in [-0.2, 0) is 14.8 Å². The zero-order valence-electron chi connectivity index (χ0n) is 15.6. The number of aryl methyl sites for hydroxylation is 2. The van der Waals surface area contributed by atoms with Crippen molar-refractivity contribution >= 4 is 48.3 Å². The first kappa shape index (κ1) is 18.7. The molecule has 2 aromatic carbocycles. The highest BCUT2D eigenvalue weighted by Crippen LogP contribution is 2.35. The van der Waals surface area contributed by atoms with E-state index in [9.17, 15) is 13.2 Å². The molecule has 146 valence electrons. The first-order chi connectivity index (χ1) is 13.2. The Morgan fingerprint density at radius 1 is 1.29 bits per heavy atom. The topological polar surface area (TPSA) is 88.6 Å². The predicted octanol–water partition coefficient (Wildman–Crippen LogP) is 3.08. The maximum atomic E-state index is 12.8. The Morgan fingerprint density at radius 2 is 2.04 bits per heavy atom. The van der Waals surface area contributed by atoms with Gasteiger partial charge in [0.1, 0.15) is 5.75 Å². The number of carbonyl (C=O) groups excluding carboxylic acids is 1. The monoisotopic (exact) mass is 417 g/mol. The number of benzene rings is 2. The molecule has 0 spiro atoms. The Morgan fingerprint density at radius 3 is 2.79 bits per heavy atom. The van der Waals surface area contributed by atoms with Crippen molar-refractivity contribution in [1.82, 2.24) is 4.98 Å². The molecular weight excluding hydrogens is 398 g/mol.